The van der Waals surface area contributed by atoms with E-state index in [1.54, 1.807) is 0 Å². The molecule has 1 aromatic heterocycles. The Bertz CT molecular complexity index is 533. The number of imidazole rings is 1. The van der Waals surface area contributed by atoms with Crippen LogP contribution >= 0.6 is 0 Å². The summed E-state index contributed by atoms with van der Waals surface area (Å²) < 4.78 is 2.11. The van der Waals surface area contributed by atoms with Crippen molar-refractivity contribution in [1.29, 1.82) is 0 Å². The van der Waals surface area contributed by atoms with Crippen LogP contribution in [0.1, 0.15) is 31.2 Å². The molecule has 18 heavy (non-hydrogen) atoms. The van der Waals surface area contributed by atoms with E-state index >= 15 is 0 Å². The van der Waals surface area contributed by atoms with Crippen molar-refractivity contribution in [2.45, 2.75) is 32.2 Å². The van der Waals surface area contributed by atoms with E-state index in [1.807, 2.05) is 19.3 Å². The smallest absolute Gasteiger partial charge is 0.110 e. The summed E-state index contributed by atoms with van der Waals surface area (Å²) >= 11 is 0. The van der Waals surface area contributed by atoms with Crippen molar-refractivity contribution < 1.29 is 0 Å². The fourth-order valence-corrected chi connectivity index (χ4v) is 2.78. The van der Waals surface area contributed by atoms with Crippen molar-refractivity contribution in [3.05, 3.63) is 48.0 Å². The van der Waals surface area contributed by atoms with Gasteiger partial charge in [0.05, 0.1) is 0 Å². The Labute approximate surface area is 108 Å². The zero-order chi connectivity index (χ0) is 12.6. The van der Waals surface area contributed by atoms with Crippen LogP contribution in [0.2, 0.25) is 0 Å². The van der Waals surface area contributed by atoms with Gasteiger partial charge < -0.3 is 9.88 Å². The predicted octanol–water partition coefficient (Wildman–Crippen LogP) is 2.78. The van der Waals surface area contributed by atoms with Crippen molar-refractivity contribution in [2.24, 2.45) is 0 Å². The SMILES string of the molecule is Cc1nccn1-c1ccc(C2(C)CCCN2)cc1. The Morgan fingerprint density at radius 1 is 1.28 bits per heavy atom. The molecule has 3 nitrogen and oxygen atoms in total. The Morgan fingerprint density at radius 3 is 2.61 bits per heavy atom. The highest BCUT2D eigenvalue weighted by Crippen LogP contribution is 2.30. The van der Waals surface area contributed by atoms with Gasteiger partial charge in [-0.1, -0.05) is 12.1 Å². The second-order valence-corrected chi connectivity index (χ2v) is 5.25. The van der Waals surface area contributed by atoms with Crippen LogP contribution in [-0.4, -0.2) is 16.1 Å². The molecule has 0 saturated carbocycles. The number of hydrogen-bond acceptors (Lipinski definition) is 2. The predicted molar refractivity (Wildman–Crippen MR) is 72.9 cm³/mol. The lowest BCUT2D eigenvalue weighted by Crippen LogP contribution is -2.32. The van der Waals surface area contributed by atoms with Crippen LogP contribution in [0.4, 0.5) is 0 Å². The standard InChI is InChI=1S/C15H19N3/c1-12-16-10-11-18(12)14-6-4-13(5-7-14)15(2)8-3-9-17-15/h4-7,10-11,17H,3,8-9H2,1-2H3. The first-order valence-electron chi connectivity index (χ1n) is 6.55. The van der Waals surface area contributed by atoms with Crippen LogP contribution in [0.15, 0.2) is 36.7 Å². The van der Waals surface area contributed by atoms with Crippen molar-refractivity contribution in [1.82, 2.24) is 14.9 Å². The first-order chi connectivity index (χ1) is 8.69. The van der Waals surface area contributed by atoms with Gasteiger partial charge >= 0.3 is 0 Å². The monoisotopic (exact) mass is 241 g/mol. The molecule has 1 atom stereocenters. The maximum Gasteiger partial charge on any atom is 0.110 e. The summed E-state index contributed by atoms with van der Waals surface area (Å²) in [7, 11) is 0. The third kappa shape index (κ3) is 1.85. The number of aryl methyl sites for hydroxylation is 1. The van der Waals surface area contributed by atoms with Crippen molar-refractivity contribution >= 4 is 0 Å². The molecular weight excluding hydrogens is 222 g/mol. The minimum absolute atomic E-state index is 0.155. The van der Waals surface area contributed by atoms with E-state index in [-0.39, 0.29) is 5.54 Å². The van der Waals surface area contributed by atoms with Gasteiger partial charge in [-0.25, -0.2) is 4.98 Å². The highest BCUT2D eigenvalue weighted by molar-refractivity contribution is 5.38. The number of aromatic nitrogens is 2. The second kappa shape index (κ2) is 4.25. The summed E-state index contributed by atoms with van der Waals surface area (Å²) in [4.78, 5) is 4.26. The normalized spacial score (nSPS) is 23.4. The third-order valence-corrected chi connectivity index (χ3v) is 3.98. The maximum atomic E-state index is 4.26. The van der Waals surface area contributed by atoms with Crippen molar-refractivity contribution in [3.8, 4) is 5.69 Å². The highest BCUT2D eigenvalue weighted by Gasteiger charge is 2.29. The molecule has 1 fully saturated rings. The van der Waals surface area contributed by atoms with Gasteiger partial charge in [-0.3, -0.25) is 0 Å². The molecule has 94 valence electrons. The van der Waals surface area contributed by atoms with Gasteiger partial charge in [-0.05, 0) is 50.9 Å². The molecule has 1 unspecified atom stereocenters. The average Bonchev–Trinajstić information content (AvgIpc) is 2.99. The van der Waals surface area contributed by atoms with Gasteiger partial charge in [0.25, 0.3) is 0 Å². The molecule has 2 heterocycles. The quantitative estimate of drug-likeness (QED) is 0.876. The molecule has 1 aliphatic rings. The zero-order valence-corrected chi connectivity index (χ0v) is 11.0. The second-order valence-electron chi connectivity index (χ2n) is 5.25. The summed E-state index contributed by atoms with van der Waals surface area (Å²) in [5, 5.41) is 3.60. The van der Waals surface area contributed by atoms with Crippen LogP contribution in [0.25, 0.3) is 5.69 Å². The first kappa shape index (κ1) is 11.5. The summed E-state index contributed by atoms with van der Waals surface area (Å²) in [6, 6.07) is 8.81. The summed E-state index contributed by atoms with van der Waals surface area (Å²) in [6.45, 7) is 5.43. The molecule has 2 aromatic rings. The molecule has 1 N–H and O–H groups in total. The lowest BCUT2D eigenvalue weighted by molar-refractivity contribution is 0.435. The topological polar surface area (TPSA) is 29.9 Å². The van der Waals surface area contributed by atoms with Gasteiger partial charge in [0, 0.05) is 23.6 Å². The van der Waals surface area contributed by atoms with E-state index in [4.69, 9.17) is 0 Å². The summed E-state index contributed by atoms with van der Waals surface area (Å²) in [5.74, 6) is 1.02. The molecule has 3 heteroatoms. The molecule has 1 aromatic carbocycles. The Kier molecular flexibility index (Phi) is 2.71. The Balaban J connectivity index is 1.92. The number of hydrogen-bond donors (Lipinski definition) is 1. The minimum Gasteiger partial charge on any atom is -0.308 e. The van der Waals surface area contributed by atoms with Gasteiger partial charge in [0.15, 0.2) is 0 Å². The van der Waals surface area contributed by atoms with Crippen LogP contribution in [0.5, 0.6) is 0 Å². The van der Waals surface area contributed by atoms with E-state index in [1.165, 1.54) is 24.1 Å². The fourth-order valence-electron chi connectivity index (χ4n) is 2.78. The number of rotatable bonds is 2. The minimum atomic E-state index is 0.155. The number of benzene rings is 1. The van der Waals surface area contributed by atoms with E-state index in [0.717, 1.165) is 12.4 Å². The molecule has 1 aliphatic heterocycles. The summed E-state index contributed by atoms with van der Waals surface area (Å²) in [5.41, 5.74) is 2.71. The van der Waals surface area contributed by atoms with Crippen LogP contribution < -0.4 is 5.32 Å². The van der Waals surface area contributed by atoms with Crippen LogP contribution in [-0.2, 0) is 5.54 Å². The molecular formula is C15H19N3. The molecule has 0 aliphatic carbocycles. The Hall–Kier alpha value is -1.61. The van der Waals surface area contributed by atoms with Crippen molar-refractivity contribution in [2.75, 3.05) is 6.54 Å². The van der Waals surface area contributed by atoms with Crippen LogP contribution in [0.3, 0.4) is 0 Å². The van der Waals surface area contributed by atoms with E-state index in [9.17, 15) is 0 Å². The van der Waals surface area contributed by atoms with Gasteiger partial charge in [0.2, 0.25) is 0 Å². The van der Waals surface area contributed by atoms with E-state index < -0.39 is 0 Å². The van der Waals surface area contributed by atoms with Gasteiger partial charge in [0.1, 0.15) is 5.82 Å². The molecule has 1 saturated heterocycles. The van der Waals surface area contributed by atoms with Gasteiger partial charge in [-0.15, -0.1) is 0 Å². The van der Waals surface area contributed by atoms with Crippen LogP contribution in [0, 0.1) is 6.92 Å². The van der Waals surface area contributed by atoms with E-state index in [0.29, 0.717) is 0 Å². The lowest BCUT2D eigenvalue weighted by atomic mass is 9.90. The molecule has 0 bridgehead atoms. The first-order valence-corrected chi connectivity index (χ1v) is 6.55. The van der Waals surface area contributed by atoms with Crippen molar-refractivity contribution in [3.63, 3.8) is 0 Å². The highest BCUT2D eigenvalue weighted by atomic mass is 15.1. The Morgan fingerprint density at radius 2 is 2.06 bits per heavy atom. The zero-order valence-electron chi connectivity index (χ0n) is 11.0. The molecule has 0 spiro atoms. The maximum absolute atomic E-state index is 4.26. The van der Waals surface area contributed by atoms with Gasteiger partial charge in [-0.2, -0.15) is 0 Å². The lowest BCUT2D eigenvalue weighted by Gasteiger charge is -2.25. The summed E-state index contributed by atoms with van der Waals surface area (Å²) in [6.07, 6.45) is 6.32. The largest absolute Gasteiger partial charge is 0.308 e. The number of nitrogens with zero attached hydrogens (tertiary/aromatic N) is 2. The van der Waals surface area contributed by atoms with E-state index in [2.05, 4.69) is 46.1 Å². The molecule has 0 amide bonds. The number of nitrogens with one attached hydrogen (secondary N) is 1. The molecule has 0 radical (unpaired) electrons. The average molecular weight is 241 g/mol. The molecule has 3 rings (SSSR count). The fraction of sp³-hybridized carbons (Fsp3) is 0.400. The third-order valence-electron chi connectivity index (χ3n) is 3.98.